The lowest BCUT2D eigenvalue weighted by molar-refractivity contribution is -0.490. The molecule has 0 aromatic heterocycles. The Labute approximate surface area is 88.6 Å². The fraction of sp³-hybridized carbons (Fsp3) is 0.900. The summed E-state index contributed by atoms with van der Waals surface area (Å²) in [6, 6.07) is 0. The van der Waals surface area contributed by atoms with Crippen LogP contribution in [0.2, 0.25) is 0 Å². The molecular weight excluding hydrogens is 198 g/mol. The molecule has 1 aliphatic carbocycles. The van der Waals surface area contributed by atoms with Crippen LogP contribution >= 0.6 is 0 Å². The maximum absolute atomic E-state index is 10.6. The van der Waals surface area contributed by atoms with Gasteiger partial charge in [0.05, 0.1) is 6.42 Å². The van der Waals surface area contributed by atoms with E-state index in [-0.39, 0.29) is 29.7 Å². The molecule has 1 rings (SSSR count). The van der Waals surface area contributed by atoms with E-state index < -0.39 is 5.97 Å². The van der Waals surface area contributed by atoms with E-state index in [0.717, 1.165) is 25.7 Å². The molecule has 1 N–H and O–H groups in total. The van der Waals surface area contributed by atoms with Crippen molar-refractivity contribution in [2.24, 2.45) is 11.8 Å². The molecule has 1 fully saturated rings. The quantitative estimate of drug-likeness (QED) is 0.561. The Morgan fingerprint density at radius 1 is 1.40 bits per heavy atom. The lowest BCUT2D eigenvalue weighted by atomic mass is 9.78. The van der Waals surface area contributed by atoms with E-state index in [9.17, 15) is 14.9 Å². The first-order chi connectivity index (χ1) is 7.09. The number of nitro groups is 1. The van der Waals surface area contributed by atoms with Gasteiger partial charge in [0.25, 0.3) is 0 Å². The highest BCUT2D eigenvalue weighted by molar-refractivity contribution is 5.67. The van der Waals surface area contributed by atoms with Crippen molar-refractivity contribution in [1.82, 2.24) is 0 Å². The van der Waals surface area contributed by atoms with Crippen LogP contribution in [0, 0.1) is 22.0 Å². The van der Waals surface area contributed by atoms with Crippen molar-refractivity contribution in [3.8, 4) is 0 Å². The number of nitrogens with zero attached hydrogens (tertiary/aromatic N) is 1. The minimum atomic E-state index is -0.924. The minimum absolute atomic E-state index is 0.0638. The zero-order valence-corrected chi connectivity index (χ0v) is 8.72. The predicted molar refractivity (Wildman–Crippen MR) is 54.2 cm³/mol. The lowest BCUT2D eigenvalue weighted by Crippen LogP contribution is -2.27. The van der Waals surface area contributed by atoms with E-state index >= 15 is 0 Å². The predicted octanol–water partition coefficient (Wildman–Crippen LogP) is 1.93. The van der Waals surface area contributed by atoms with E-state index in [4.69, 9.17) is 5.11 Å². The fourth-order valence-corrected chi connectivity index (χ4v) is 2.40. The zero-order valence-electron chi connectivity index (χ0n) is 8.72. The van der Waals surface area contributed by atoms with Crippen LogP contribution in [-0.2, 0) is 4.79 Å². The second-order valence-corrected chi connectivity index (χ2v) is 4.27. The Balaban J connectivity index is 2.52. The normalized spacial score (nSPS) is 19.7. The Bertz CT molecular complexity index is 220. The van der Waals surface area contributed by atoms with Gasteiger partial charge in [0.2, 0.25) is 6.54 Å². The van der Waals surface area contributed by atoms with Gasteiger partial charge in [-0.05, 0) is 18.8 Å². The molecule has 86 valence electrons. The molecular formula is C10H17NO4. The van der Waals surface area contributed by atoms with Gasteiger partial charge < -0.3 is 5.11 Å². The number of hydrogen-bond donors (Lipinski definition) is 1. The lowest BCUT2D eigenvalue weighted by Gasteiger charge is -2.26. The molecule has 0 bridgehead atoms. The van der Waals surface area contributed by atoms with Crippen LogP contribution in [0.1, 0.15) is 38.5 Å². The van der Waals surface area contributed by atoms with Gasteiger partial charge in [-0.25, -0.2) is 0 Å². The van der Waals surface area contributed by atoms with E-state index in [0.29, 0.717) is 0 Å². The van der Waals surface area contributed by atoms with Gasteiger partial charge in [0, 0.05) is 10.8 Å². The summed E-state index contributed by atoms with van der Waals surface area (Å²) >= 11 is 0. The minimum Gasteiger partial charge on any atom is -0.481 e. The fourth-order valence-electron chi connectivity index (χ4n) is 2.40. The summed E-state index contributed by atoms with van der Waals surface area (Å²) in [5.74, 6) is -0.967. The van der Waals surface area contributed by atoms with Crippen molar-refractivity contribution in [2.45, 2.75) is 38.5 Å². The van der Waals surface area contributed by atoms with Crippen molar-refractivity contribution in [3.63, 3.8) is 0 Å². The molecule has 0 amide bonds. The number of aliphatic carboxylic acids is 1. The van der Waals surface area contributed by atoms with Crippen LogP contribution in [0.5, 0.6) is 0 Å². The highest BCUT2D eigenvalue weighted by Crippen LogP contribution is 2.31. The largest absolute Gasteiger partial charge is 0.481 e. The van der Waals surface area contributed by atoms with Crippen LogP contribution in [-0.4, -0.2) is 22.5 Å². The average molecular weight is 215 g/mol. The first-order valence-corrected chi connectivity index (χ1v) is 5.43. The average Bonchev–Trinajstić information content (AvgIpc) is 2.17. The maximum Gasteiger partial charge on any atom is 0.303 e. The summed E-state index contributed by atoms with van der Waals surface area (Å²) in [7, 11) is 0. The van der Waals surface area contributed by atoms with Crippen molar-refractivity contribution in [1.29, 1.82) is 0 Å². The molecule has 0 aromatic rings. The summed E-state index contributed by atoms with van der Waals surface area (Å²) in [5.41, 5.74) is 0. The highest BCUT2D eigenvalue weighted by Gasteiger charge is 2.29. The second kappa shape index (κ2) is 5.68. The number of carboxylic acid groups (broad SMARTS) is 1. The molecule has 0 aliphatic heterocycles. The van der Waals surface area contributed by atoms with E-state index in [1.165, 1.54) is 6.42 Å². The molecule has 0 radical (unpaired) electrons. The monoisotopic (exact) mass is 215 g/mol. The van der Waals surface area contributed by atoms with E-state index in [2.05, 4.69) is 0 Å². The van der Waals surface area contributed by atoms with Crippen LogP contribution in [0.4, 0.5) is 0 Å². The van der Waals surface area contributed by atoms with Crippen molar-refractivity contribution in [2.75, 3.05) is 6.54 Å². The molecule has 1 unspecified atom stereocenters. The molecule has 5 heteroatoms. The first kappa shape index (κ1) is 11.9. The van der Waals surface area contributed by atoms with Crippen LogP contribution < -0.4 is 0 Å². The third kappa shape index (κ3) is 4.27. The summed E-state index contributed by atoms with van der Waals surface area (Å²) in [4.78, 5) is 20.7. The van der Waals surface area contributed by atoms with Gasteiger partial charge in [-0.3, -0.25) is 14.9 Å². The van der Waals surface area contributed by atoms with Crippen molar-refractivity contribution < 1.29 is 14.8 Å². The summed E-state index contributed by atoms with van der Waals surface area (Å²) in [6.45, 7) is -0.197. The van der Waals surface area contributed by atoms with Gasteiger partial charge in [-0.15, -0.1) is 0 Å². The smallest absolute Gasteiger partial charge is 0.303 e. The number of rotatable bonds is 5. The summed E-state index contributed by atoms with van der Waals surface area (Å²) in [5, 5.41) is 19.2. The van der Waals surface area contributed by atoms with E-state index in [1.807, 2.05) is 0 Å². The van der Waals surface area contributed by atoms with Gasteiger partial charge in [0.15, 0.2) is 0 Å². The van der Waals surface area contributed by atoms with Crippen LogP contribution in [0.15, 0.2) is 0 Å². The molecule has 1 atom stereocenters. The molecule has 1 saturated carbocycles. The summed E-state index contributed by atoms with van der Waals surface area (Å²) in [6.07, 6.45) is 5.18. The number of carboxylic acids is 1. The molecule has 0 heterocycles. The van der Waals surface area contributed by atoms with Gasteiger partial charge in [-0.2, -0.15) is 0 Å². The molecule has 0 saturated heterocycles. The molecule has 0 spiro atoms. The van der Waals surface area contributed by atoms with Gasteiger partial charge in [0.1, 0.15) is 0 Å². The molecule has 5 nitrogen and oxygen atoms in total. The first-order valence-electron chi connectivity index (χ1n) is 5.43. The van der Waals surface area contributed by atoms with Crippen molar-refractivity contribution >= 4 is 5.97 Å². The Kier molecular flexibility index (Phi) is 4.52. The topological polar surface area (TPSA) is 80.4 Å². The second-order valence-electron chi connectivity index (χ2n) is 4.27. The molecule has 1 aliphatic rings. The molecule has 0 aromatic carbocycles. The Hall–Kier alpha value is -1.13. The van der Waals surface area contributed by atoms with Gasteiger partial charge in [-0.1, -0.05) is 19.3 Å². The van der Waals surface area contributed by atoms with Crippen molar-refractivity contribution in [3.05, 3.63) is 10.1 Å². The van der Waals surface area contributed by atoms with Crippen LogP contribution in [0.3, 0.4) is 0 Å². The number of hydrogen-bond acceptors (Lipinski definition) is 3. The Morgan fingerprint density at radius 3 is 2.47 bits per heavy atom. The van der Waals surface area contributed by atoms with Crippen LogP contribution in [0.25, 0.3) is 0 Å². The highest BCUT2D eigenvalue weighted by atomic mass is 16.6. The third-order valence-electron chi connectivity index (χ3n) is 3.14. The summed E-state index contributed by atoms with van der Waals surface area (Å²) < 4.78 is 0. The molecule has 15 heavy (non-hydrogen) atoms. The van der Waals surface area contributed by atoms with Gasteiger partial charge >= 0.3 is 5.97 Å². The van der Waals surface area contributed by atoms with E-state index in [1.54, 1.807) is 0 Å². The SMILES string of the molecule is O=C(O)CC(C[N+](=O)[O-])C1CCCCC1. The standard InChI is InChI=1S/C10H17NO4/c12-10(13)6-9(7-11(14)15)8-4-2-1-3-5-8/h8-9H,1-7H2,(H,12,13). The maximum atomic E-state index is 10.6. The zero-order chi connectivity index (χ0) is 11.3. The third-order valence-corrected chi connectivity index (χ3v) is 3.14. The Morgan fingerprint density at radius 2 is 2.00 bits per heavy atom. The number of carbonyl (C=O) groups is 1.